The van der Waals surface area contributed by atoms with E-state index in [1.807, 2.05) is 6.07 Å². The highest BCUT2D eigenvalue weighted by Crippen LogP contribution is 2.29. The number of carbonyl (C=O) groups excluding carboxylic acids is 2. The first-order valence-corrected chi connectivity index (χ1v) is 12.8. The molecule has 0 aliphatic heterocycles. The van der Waals surface area contributed by atoms with Gasteiger partial charge in [-0.25, -0.2) is 13.1 Å². The van der Waals surface area contributed by atoms with Crippen LogP contribution in [0.15, 0.2) is 53.7 Å². The van der Waals surface area contributed by atoms with Crippen LogP contribution >= 0.6 is 11.6 Å². The van der Waals surface area contributed by atoms with E-state index < -0.39 is 16.1 Å². The summed E-state index contributed by atoms with van der Waals surface area (Å²) in [4.78, 5) is 29.1. The molecule has 1 aliphatic carbocycles. The first-order valence-electron chi connectivity index (χ1n) is 11.0. The molecule has 10 heteroatoms. The van der Waals surface area contributed by atoms with Crippen molar-refractivity contribution in [3.8, 4) is 0 Å². The third-order valence-corrected chi connectivity index (χ3v) is 7.54. The normalized spacial score (nSPS) is 19.5. The maximum Gasteiger partial charge on any atom is 0.242 e. The molecule has 0 unspecified atom stereocenters. The van der Waals surface area contributed by atoms with Crippen LogP contribution in [0, 0.1) is 11.8 Å². The van der Waals surface area contributed by atoms with E-state index in [-0.39, 0.29) is 28.5 Å². The third kappa shape index (κ3) is 7.52. The van der Waals surface area contributed by atoms with Crippen molar-refractivity contribution in [2.24, 2.45) is 11.8 Å². The highest BCUT2D eigenvalue weighted by Gasteiger charge is 2.29. The molecule has 3 rings (SSSR count). The van der Waals surface area contributed by atoms with Crippen molar-refractivity contribution in [2.75, 3.05) is 6.54 Å². The van der Waals surface area contributed by atoms with Crippen LogP contribution in [0.25, 0.3) is 0 Å². The minimum atomic E-state index is -3.59. The molecule has 0 spiro atoms. The van der Waals surface area contributed by atoms with Gasteiger partial charge in [-0.3, -0.25) is 14.6 Å². The van der Waals surface area contributed by atoms with E-state index in [1.165, 1.54) is 12.1 Å². The minimum absolute atomic E-state index is 0.140. The van der Waals surface area contributed by atoms with Gasteiger partial charge in [0.15, 0.2) is 0 Å². The second-order valence-electron chi connectivity index (χ2n) is 8.33. The molecule has 2 amide bonds. The molecule has 0 radical (unpaired) electrons. The topological polar surface area (TPSA) is 117 Å². The van der Waals surface area contributed by atoms with Crippen LogP contribution in [0.2, 0.25) is 5.02 Å². The summed E-state index contributed by atoms with van der Waals surface area (Å²) in [5.74, 6) is -0.407. The molecule has 178 valence electrons. The van der Waals surface area contributed by atoms with Crippen molar-refractivity contribution in [1.82, 2.24) is 20.3 Å². The summed E-state index contributed by atoms with van der Waals surface area (Å²) >= 11 is 5.82. The predicted octanol–water partition coefficient (Wildman–Crippen LogP) is 2.64. The number of amides is 2. The Kier molecular flexibility index (Phi) is 8.82. The van der Waals surface area contributed by atoms with E-state index in [9.17, 15) is 18.0 Å². The Bertz CT molecular complexity index is 1040. The fourth-order valence-corrected chi connectivity index (χ4v) is 5.04. The number of pyridine rings is 1. The maximum atomic E-state index is 12.6. The first kappa shape index (κ1) is 25.1. The van der Waals surface area contributed by atoms with Gasteiger partial charge in [-0.05, 0) is 74.4 Å². The summed E-state index contributed by atoms with van der Waals surface area (Å²) in [6.45, 7) is 2.34. The van der Waals surface area contributed by atoms with Gasteiger partial charge in [0.1, 0.15) is 6.04 Å². The maximum absolute atomic E-state index is 12.6. The van der Waals surface area contributed by atoms with Crippen LogP contribution in [0.5, 0.6) is 0 Å². The Morgan fingerprint density at radius 3 is 2.45 bits per heavy atom. The molecule has 1 saturated carbocycles. The van der Waals surface area contributed by atoms with Crippen LogP contribution in [0.1, 0.15) is 38.2 Å². The van der Waals surface area contributed by atoms with E-state index in [0.717, 1.165) is 18.4 Å². The van der Waals surface area contributed by atoms with Gasteiger partial charge in [0.25, 0.3) is 0 Å². The van der Waals surface area contributed by atoms with E-state index in [2.05, 4.69) is 20.3 Å². The standard InChI is InChI=1S/C23H29ClN4O4S/c1-16(22(29)26-14-18-3-2-12-25-13-18)28-23(30)19-6-4-17(5-7-19)15-27-33(31,32)21-10-8-20(24)9-11-21/h2-3,8-13,16-17,19,27H,4-7,14-15H2,1H3,(H,26,29)(H,28,30)/t16-,17?,19?/m1/s1. The van der Waals surface area contributed by atoms with Gasteiger partial charge in [-0.2, -0.15) is 0 Å². The van der Waals surface area contributed by atoms with Gasteiger partial charge in [-0.1, -0.05) is 17.7 Å². The van der Waals surface area contributed by atoms with Gasteiger partial charge in [0.2, 0.25) is 21.8 Å². The molecule has 0 saturated heterocycles. The number of halogens is 1. The number of rotatable bonds is 9. The van der Waals surface area contributed by atoms with Gasteiger partial charge in [0, 0.05) is 36.4 Å². The Hall–Kier alpha value is -2.49. The Labute approximate surface area is 199 Å². The smallest absolute Gasteiger partial charge is 0.242 e. The van der Waals surface area contributed by atoms with Crippen molar-refractivity contribution >= 4 is 33.4 Å². The summed E-state index contributed by atoms with van der Waals surface area (Å²) in [7, 11) is -3.59. The number of nitrogens with zero attached hydrogens (tertiary/aromatic N) is 1. The largest absolute Gasteiger partial charge is 0.350 e. The SMILES string of the molecule is C[C@@H](NC(=O)C1CCC(CNS(=O)(=O)c2ccc(Cl)cc2)CC1)C(=O)NCc1cccnc1. The molecular formula is C23H29ClN4O4S. The highest BCUT2D eigenvalue weighted by molar-refractivity contribution is 7.89. The van der Waals surface area contributed by atoms with Crippen LogP contribution in [-0.2, 0) is 26.2 Å². The molecular weight excluding hydrogens is 464 g/mol. The zero-order valence-corrected chi connectivity index (χ0v) is 20.0. The predicted molar refractivity (Wildman–Crippen MR) is 126 cm³/mol. The fourth-order valence-electron chi connectivity index (χ4n) is 3.80. The van der Waals surface area contributed by atoms with Gasteiger partial charge < -0.3 is 10.6 Å². The minimum Gasteiger partial charge on any atom is -0.350 e. The molecule has 1 aliphatic rings. The monoisotopic (exact) mass is 492 g/mol. The van der Waals surface area contributed by atoms with Crippen LogP contribution in [0.3, 0.4) is 0 Å². The number of carbonyl (C=O) groups is 2. The first-order chi connectivity index (χ1) is 15.7. The van der Waals surface area contributed by atoms with Crippen LogP contribution in [0.4, 0.5) is 0 Å². The van der Waals surface area contributed by atoms with Crippen molar-refractivity contribution in [1.29, 1.82) is 0 Å². The third-order valence-electron chi connectivity index (χ3n) is 5.85. The Morgan fingerprint density at radius 1 is 1.12 bits per heavy atom. The Morgan fingerprint density at radius 2 is 1.82 bits per heavy atom. The van der Waals surface area contributed by atoms with Crippen molar-refractivity contribution in [2.45, 2.75) is 50.1 Å². The van der Waals surface area contributed by atoms with E-state index in [0.29, 0.717) is 31.0 Å². The molecule has 3 N–H and O–H groups in total. The summed E-state index contributed by atoms with van der Waals surface area (Å²) < 4.78 is 27.5. The molecule has 1 heterocycles. The van der Waals surface area contributed by atoms with Crippen molar-refractivity contribution in [3.63, 3.8) is 0 Å². The van der Waals surface area contributed by atoms with Crippen LogP contribution in [-0.4, -0.2) is 37.8 Å². The van der Waals surface area contributed by atoms with Gasteiger partial charge in [-0.15, -0.1) is 0 Å². The van der Waals surface area contributed by atoms with Crippen molar-refractivity contribution < 1.29 is 18.0 Å². The molecule has 1 fully saturated rings. The average Bonchev–Trinajstić information content (AvgIpc) is 2.82. The number of hydrogen-bond acceptors (Lipinski definition) is 5. The quantitative estimate of drug-likeness (QED) is 0.497. The average molecular weight is 493 g/mol. The zero-order valence-electron chi connectivity index (χ0n) is 18.5. The van der Waals surface area contributed by atoms with Gasteiger partial charge in [0.05, 0.1) is 4.90 Å². The number of sulfonamides is 1. The second kappa shape index (κ2) is 11.6. The molecule has 1 aromatic heterocycles. The molecule has 0 bridgehead atoms. The molecule has 8 nitrogen and oxygen atoms in total. The van der Waals surface area contributed by atoms with E-state index >= 15 is 0 Å². The second-order valence-corrected chi connectivity index (χ2v) is 10.5. The number of benzene rings is 1. The lowest BCUT2D eigenvalue weighted by molar-refractivity contribution is -0.131. The van der Waals surface area contributed by atoms with Gasteiger partial charge >= 0.3 is 0 Å². The zero-order chi connectivity index (χ0) is 23.8. The fraction of sp³-hybridized carbons (Fsp3) is 0.435. The van der Waals surface area contributed by atoms with Crippen LogP contribution < -0.4 is 15.4 Å². The number of nitrogens with one attached hydrogen (secondary N) is 3. The lowest BCUT2D eigenvalue weighted by Gasteiger charge is -2.28. The molecule has 1 aromatic carbocycles. The van der Waals surface area contributed by atoms with E-state index in [4.69, 9.17) is 11.6 Å². The summed E-state index contributed by atoms with van der Waals surface area (Å²) in [5, 5.41) is 6.07. The molecule has 33 heavy (non-hydrogen) atoms. The summed E-state index contributed by atoms with van der Waals surface area (Å²) in [5.41, 5.74) is 0.884. The van der Waals surface area contributed by atoms with Crippen molar-refractivity contribution in [3.05, 3.63) is 59.4 Å². The summed E-state index contributed by atoms with van der Waals surface area (Å²) in [6.07, 6.45) is 6.13. The lowest BCUT2D eigenvalue weighted by atomic mass is 9.81. The summed E-state index contributed by atoms with van der Waals surface area (Å²) in [6, 6.07) is 9.05. The Balaban J connectivity index is 1.39. The highest BCUT2D eigenvalue weighted by atomic mass is 35.5. The number of aromatic nitrogens is 1. The number of hydrogen-bond donors (Lipinski definition) is 3. The lowest BCUT2D eigenvalue weighted by Crippen LogP contribution is -2.47. The molecule has 1 atom stereocenters. The molecule has 2 aromatic rings. The van der Waals surface area contributed by atoms with E-state index in [1.54, 1.807) is 37.5 Å².